The number of nitrogens with one attached hydrogen (secondary N) is 2. The Kier molecular flexibility index (Phi) is 4.82. The van der Waals surface area contributed by atoms with Crippen molar-refractivity contribution >= 4 is 17.5 Å². The zero-order chi connectivity index (χ0) is 17.6. The number of ether oxygens (including phenoxy) is 2. The molecule has 3 aromatic rings. The minimum Gasteiger partial charge on any atom is -0.486 e. The molecule has 26 heavy (non-hydrogen) atoms. The molecule has 0 amide bonds. The van der Waals surface area contributed by atoms with Crippen LogP contribution in [0, 0.1) is 0 Å². The molecule has 0 saturated carbocycles. The van der Waals surface area contributed by atoms with Gasteiger partial charge in [0.2, 0.25) is 5.95 Å². The summed E-state index contributed by atoms with van der Waals surface area (Å²) in [6, 6.07) is 17.9. The molecule has 0 saturated heterocycles. The molecule has 0 radical (unpaired) electrons. The number of anilines is 3. The Hall–Kier alpha value is -3.28. The molecule has 0 aliphatic carbocycles. The Morgan fingerprint density at radius 1 is 0.923 bits per heavy atom. The third kappa shape index (κ3) is 4.03. The molecular formula is C20H20N4O2. The van der Waals surface area contributed by atoms with Crippen molar-refractivity contribution < 1.29 is 9.47 Å². The highest BCUT2D eigenvalue weighted by Crippen LogP contribution is 2.33. The van der Waals surface area contributed by atoms with Gasteiger partial charge in [0.15, 0.2) is 11.5 Å². The lowest BCUT2D eigenvalue weighted by Gasteiger charge is -2.19. The van der Waals surface area contributed by atoms with Crippen molar-refractivity contribution in [2.45, 2.75) is 6.42 Å². The highest BCUT2D eigenvalue weighted by atomic mass is 16.6. The zero-order valence-electron chi connectivity index (χ0n) is 14.3. The van der Waals surface area contributed by atoms with Gasteiger partial charge < -0.3 is 20.1 Å². The van der Waals surface area contributed by atoms with Crippen LogP contribution in [0.3, 0.4) is 0 Å². The lowest BCUT2D eigenvalue weighted by Crippen LogP contribution is -2.15. The molecule has 2 heterocycles. The molecule has 6 heteroatoms. The predicted octanol–water partition coefficient (Wildman–Crippen LogP) is 3.65. The van der Waals surface area contributed by atoms with E-state index < -0.39 is 0 Å². The molecule has 0 unspecified atom stereocenters. The quantitative estimate of drug-likeness (QED) is 0.709. The lowest BCUT2D eigenvalue weighted by atomic mass is 10.1. The second-order valence-electron chi connectivity index (χ2n) is 5.91. The van der Waals surface area contributed by atoms with Crippen LogP contribution in [0.2, 0.25) is 0 Å². The fraction of sp³-hybridized carbons (Fsp3) is 0.200. The van der Waals surface area contributed by atoms with Crippen LogP contribution in [0.25, 0.3) is 0 Å². The van der Waals surface area contributed by atoms with E-state index in [4.69, 9.17) is 9.47 Å². The minimum atomic E-state index is 0.534. The van der Waals surface area contributed by atoms with E-state index in [-0.39, 0.29) is 0 Å². The summed E-state index contributed by atoms with van der Waals surface area (Å²) in [6.07, 6.45) is 2.67. The van der Waals surface area contributed by atoms with Crippen LogP contribution in [-0.4, -0.2) is 29.7 Å². The van der Waals surface area contributed by atoms with Gasteiger partial charge in [0.05, 0.1) is 0 Å². The van der Waals surface area contributed by atoms with Crippen molar-refractivity contribution in [3.05, 3.63) is 66.4 Å². The molecule has 1 aliphatic rings. The van der Waals surface area contributed by atoms with Crippen molar-refractivity contribution in [1.29, 1.82) is 0 Å². The molecule has 2 N–H and O–H groups in total. The monoisotopic (exact) mass is 348 g/mol. The van der Waals surface area contributed by atoms with E-state index in [2.05, 4.69) is 44.9 Å². The summed E-state index contributed by atoms with van der Waals surface area (Å²) in [4.78, 5) is 8.78. The van der Waals surface area contributed by atoms with Gasteiger partial charge in [-0.3, -0.25) is 0 Å². The Morgan fingerprint density at radius 3 is 2.65 bits per heavy atom. The van der Waals surface area contributed by atoms with Crippen LogP contribution < -0.4 is 20.1 Å². The maximum absolute atomic E-state index is 5.60. The van der Waals surface area contributed by atoms with Gasteiger partial charge in [-0.05, 0) is 30.2 Å². The fourth-order valence-electron chi connectivity index (χ4n) is 2.75. The maximum atomic E-state index is 5.60. The molecule has 6 nitrogen and oxygen atoms in total. The number of hydrogen-bond acceptors (Lipinski definition) is 6. The largest absolute Gasteiger partial charge is 0.486 e. The molecule has 4 rings (SSSR count). The normalized spacial score (nSPS) is 12.5. The van der Waals surface area contributed by atoms with Crippen molar-refractivity contribution in [3.8, 4) is 11.5 Å². The topological polar surface area (TPSA) is 68.3 Å². The number of hydrogen-bond donors (Lipinski definition) is 2. The molecule has 2 aromatic carbocycles. The van der Waals surface area contributed by atoms with E-state index in [0.29, 0.717) is 19.2 Å². The SMILES string of the molecule is c1ccc(CCNc2ccnc(Nc3ccc4c(c3)OCCO4)n2)cc1. The Labute approximate surface area is 152 Å². The summed E-state index contributed by atoms with van der Waals surface area (Å²) in [7, 11) is 0. The Morgan fingerprint density at radius 2 is 1.77 bits per heavy atom. The minimum absolute atomic E-state index is 0.534. The van der Waals surface area contributed by atoms with Gasteiger partial charge in [-0.15, -0.1) is 0 Å². The first kappa shape index (κ1) is 16.2. The summed E-state index contributed by atoms with van der Waals surface area (Å²) in [6.45, 7) is 1.96. The molecule has 0 bridgehead atoms. The molecule has 132 valence electrons. The van der Waals surface area contributed by atoms with Crippen molar-refractivity contribution in [2.24, 2.45) is 0 Å². The lowest BCUT2D eigenvalue weighted by molar-refractivity contribution is 0.171. The average molecular weight is 348 g/mol. The highest BCUT2D eigenvalue weighted by molar-refractivity contribution is 5.60. The van der Waals surface area contributed by atoms with E-state index in [1.54, 1.807) is 6.20 Å². The van der Waals surface area contributed by atoms with E-state index in [1.807, 2.05) is 30.3 Å². The zero-order valence-corrected chi connectivity index (χ0v) is 14.3. The number of rotatable bonds is 6. The summed E-state index contributed by atoms with van der Waals surface area (Å²) in [5.74, 6) is 2.82. The second-order valence-corrected chi connectivity index (χ2v) is 5.91. The first-order chi connectivity index (χ1) is 12.9. The maximum Gasteiger partial charge on any atom is 0.229 e. The van der Waals surface area contributed by atoms with Crippen molar-refractivity contribution in [3.63, 3.8) is 0 Å². The van der Waals surface area contributed by atoms with E-state index in [1.165, 1.54) is 5.56 Å². The van der Waals surface area contributed by atoms with Gasteiger partial charge in [0.1, 0.15) is 19.0 Å². The fourth-order valence-corrected chi connectivity index (χ4v) is 2.75. The second kappa shape index (κ2) is 7.74. The summed E-state index contributed by atoms with van der Waals surface area (Å²) < 4.78 is 11.1. The molecule has 0 spiro atoms. The van der Waals surface area contributed by atoms with Crippen LogP contribution in [0.1, 0.15) is 5.56 Å². The van der Waals surface area contributed by atoms with Crippen LogP contribution in [0.15, 0.2) is 60.8 Å². The van der Waals surface area contributed by atoms with E-state index >= 15 is 0 Å². The highest BCUT2D eigenvalue weighted by Gasteiger charge is 2.12. The standard InChI is InChI=1S/C20H20N4O2/c1-2-4-15(5-3-1)8-10-21-19-9-11-22-20(24-19)23-16-6-7-17-18(14-16)26-13-12-25-17/h1-7,9,11,14H,8,10,12-13H2,(H2,21,22,23,24). The number of benzene rings is 2. The van der Waals surface area contributed by atoms with Crippen molar-refractivity contribution in [2.75, 3.05) is 30.4 Å². The third-order valence-corrected chi connectivity index (χ3v) is 4.02. The van der Waals surface area contributed by atoms with Gasteiger partial charge >= 0.3 is 0 Å². The van der Waals surface area contributed by atoms with Gasteiger partial charge in [-0.25, -0.2) is 4.98 Å². The summed E-state index contributed by atoms with van der Waals surface area (Å²) >= 11 is 0. The third-order valence-electron chi connectivity index (χ3n) is 4.02. The van der Waals surface area contributed by atoms with Gasteiger partial charge in [0.25, 0.3) is 0 Å². The van der Waals surface area contributed by atoms with Crippen molar-refractivity contribution in [1.82, 2.24) is 9.97 Å². The smallest absolute Gasteiger partial charge is 0.229 e. The number of aromatic nitrogens is 2. The summed E-state index contributed by atoms with van der Waals surface area (Å²) in [5.41, 5.74) is 2.15. The molecule has 0 fully saturated rings. The molecule has 1 aliphatic heterocycles. The van der Waals surface area contributed by atoms with Gasteiger partial charge in [-0.1, -0.05) is 30.3 Å². The average Bonchev–Trinajstić information content (AvgIpc) is 2.69. The van der Waals surface area contributed by atoms with Gasteiger partial charge in [0, 0.05) is 24.5 Å². The Balaban J connectivity index is 1.38. The molecule has 0 atom stereocenters. The first-order valence-corrected chi connectivity index (χ1v) is 8.64. The van der Waals surface area contributed by atoms with Crippen LogP contribution in [-0.2, 0) is 6.42 Å². The Bertz CT molecular complexity index is 871. The van der Waals surface area contributed by atoms with Crippen LogP contribution >= 0.6 is 0 Å². The molecular weight excluding hydrogens is 328 g/mol. The number of nitrogens with zero attached hydrogens (tertiary/aromatic N) is 2. The predicted molar refractivity (Wildman–Crippen MR) is 101 cm³/mol. The van der Waals surface area contributed by atoms with Crippen LogP contribution in [0.5, 0.6) is 11.5 Å². The van der Waals surface area contributed by atoms with Gasteiger partial charge in [-0.2, -0.15) is 4.98 Å². The van der Waals surface area contributed by atoms with E-state index in [0.717, 1.165) is 36.0 Å². The number of fused-ring (bicyclic) bond motifs is 1. The van der Waals surface area contributed by atoms with E-state index in [9.17, 15) is 0 Å². The molecule has 1 aromatic heterocycles. The summed E-state index contributed by atoms with van der Waals surface area (Å²) in [5, 5.41) is 6.54. The van der Waals surface area contributed by atoms with Crippen LogP contribution in [0.4, 0.5) is 17.5 Å². The first-order valence-electron chi connectivity index (χ1n) is 8.64.